The van der Waals surface area contributed by atoms with Crippen molar-refractivity contribution in [3.8, 4) is 10.4 Å². The van der Waals surface area contributed by atoms with Crippen LogP contribution in [0, 0.1) is 0 Å². The van der Waals surface area contributed by atoms with Crippen LogP contribution in [-0.4, -0.2) is 56.0 Å². The molecule has 2 aromatic rings. The van der Waals surface area contributed by atoms with E-state index < -0.39 is 0 Å². The summed E-state index contributed by atoms with van der Waals surface area (Å²) in [4.78, 5) is 29.2. The third-order valence-electron chi connectivity index (χ3n) is 4.28. The van der Waals surface area contributed by atoms with Gasteiger partial charge < -0.3 is 25.8 Å². The minimum atomic E-state index is -0.216. The number of hydrogen-bond donors (Lipinski definition) is 3. The molecule has 29 heavy (non-hydrogen) atoms. The van der Waals surface area contributed by atoms with Gasteiger partial charge in [-0.3, -0.25) is 9.59 Å². The Kier molecular flexibility index (Phi) is 6.56. The fraction of sp³-hybridized carbons (Fsp3) is 0.263. The molecule has 0 aliphatic carbocycles. The molecule has 1 aliphatic rings. The van der Waals surface area contributed by atoms with Crippen LogP contribution in [0.4, 0.5) is 5.69 Å². The van der Waals surface area contributed by atoms with Crippen LogP contribution >= 0.6 is 34.5 Å². The number of carbonyl (C=O) groups excluding carboxylic acids is 2. The fourth-order valence-corrected chi connectivity index (χ4v) is 4.00. The van der Waals surface area contributed by atoms with E-state index in [4.69, 9.17) is 23.2 Å². The Morgan fingerprint density at radius 3 is 2.66 bits per heavy atom. The normalized spacial score (nSPS) is 13.3. The van der Waals surface area contributed by atoms with Crippen LogP contribution in [0.1, 0.15) is 0 Å². The number of likely N-dealkylation sites (N-methyl/N-ethyl adjacent to an activating group) is 1. The van der Waals surface area contributed by atoms with Crippen LogP contribution in [0.25, 0.3) is 10.4 Å². The zero-order valence-electron chi connectivity index (χ0n) is 16.2. The van der Waals surface area contributed by atoms with Gasteiger partial charge in [0, 0.05) is 31.4 Å². The second-order valence-corrected chi connectivity index (χ2v) is 8.31. The highest BCUT2D eigenvalue weighted by Gasteiger charge is 2.30. The molecule has 0 radical (unpaired) electrons. The number of amides is 2. The molecule has 0 spiro atoms. The second-order valence-electron chi connectivity index (χ2n) is 6.58. The van der Waals surface area contributed by atoms with Crippen molar-refractivity contribution in [1.29, 1.82) is 0 Å². The summed E-state index contributed by atoms with van der Waals surface area (Å²) in [7, 11) is 5.08. The number of carbonyl (C=O) groups is 2. The molecule has 154 valence electrons. The lowest BCUT2D eigenvalue weighted by Crippen LogP contribution is -2.38. The zero-order chi connectivity index (χ0) is 21.1. The average Bonchev–Trinajstić information content (AvgIpc) is 3.30. The number of rotatable bonds is 6. The monoisotopic (exact) mass is 453 g/mol. The van der Waals surface area contributed by atoms with Crippen molar-refractivity contribution in [2.45, 2.75) is 0 Å². The van der Waals surface area contributed by atoms with Crippen molar-refractivity contribution < 1.29 is 9.59 Å². The minimum Gasteiger partial charge on any atom is -0.373 e. The third kappa shape index (κ3) is 4.77. The van der Waals surface area contributed by atoms with E-state index in [0.29, 0.717) is 33.9 Å². The molecular weight excluding hydrogens is 433 g/mol. The molecule has 0 saturated carbocycles. The molecule has 0 unspecified atom stereocenters. The first kappa shape index (κ1) is 21.3. The molecule has 2 amide bonds. The van der Waals surface area contributed by atoms with E-state index in [1.807, 2.05) is 17.5 Å². The first-order valence-corrected chi connectivity index (χ1v) is 10.4. The Balaban J connectivity index is 1.68. The van der Waals surface area contributed by atoms with Crippen molar-refractivity contribution in [2.24, 2.45) is 0 Å². The van der Waals surface area contributed by atoms with E-state index in [1.54, 1.807) is 38.2 Å². The summed E-state index contributed by atoms with van der Waals surface area (Å²) >= 11 is 13.5. The number of nitrogens with one attached hydrogen (secondary N) is 3. The molecule has 1 aliphatic heterocycles. The highest BCUT2D eigenvalue weighted by Crippen LogP contribution is 2.33. The summed E-state index contributed by atoms with van der Waals surface area (Å²) < 4.78 is 0. The Morgan fingerprint density at radius 1 is 1.24 bits per heavy atom. The maximum atomic E-state index is 12.6. The van der Waals surface area contributed by atoms with Crippen molar-refractivity contribution in [2.75, 3.05) is 39.7 Å². The molecule has 1 aromatic carbocycles. The molecule has 0 atom stereocenters. The zero-order valence-corrected chi connectivity index (χ0v) is 18.5. The average molecular weight is 454 g/mol. The standard InChI is InChI=1S/C19H21Cl2N5O2S/c1-22-18-17(19(28)25(2)3)26(10-23-18)8-16(27)24-12-7-15(29-9-12)11-4-5-13(20)14(21)6-11/h4-7,9,22-23H,8,10H2,1-3H3,(H,24,27). The third-order valence-corrected chi connectivity index (χ3v) is 6.00. The largest absolute Gasteiger partial charge is 0.373 e. The van der Waals surface area contributed by atoms with Crippen LogP contribution in [0.2, 0.25) is 10.0 Å². The van der Waals surface area contributed by atoms with Crippen LogP contribution in [0.15, 0.2) is 41.2 Å². The van der Waals surface area contributed by atoms with Gasteiger partial charge in [0.2, 0.25) is 5.91 Å². The van der Waals surface area contributed by atoms with Gasteiger partial charge in [0.25, 0.3) is 5.91 Å². The van der Waals surface area contributed by atoms with Crippen LogP contribution in [-0.2, 0) is 9.59 Å². The maximum absolute atomic E-state index is 12.6. The Hall–Kier alpha value is -2.42. The summed E-state index contributed by atoms with van der Waals surface area (Å²) in [5, 5.41) is 11.8. The van der Waals surface area contributed by atoms with Gasteiger partial charge in [-0.15, -0.1) is 11.3 Å². The molecule has 0 bridgehead atoms. The number of nitrogens with zero attached hydrogens (tertiary/aromatic N) is 2. The predicted molar refractivity (Wildman–Crippen MR) is 118 cm³/mol. The minimum absolute atomic E-state index is 0.0467. The summed E-state index contributed by atoms with van der Waals surface area (Å²) in [5.41, 5.74) is 2.05. The highest BCUT2D eigenvalue weighted by atomic mass is 35.5. The SMILES string of the molecule is CNC1=C(C(=O)N(C)C)N(CC(=O)Nc2csc(-c3ccc(Cl)c(Cl)c3)c2)CN1. The lowest BCUT2D eigenvalue weighted by molar-refractivity contribution is -0.126. The quantitative estimate of drug-likeness (QED) is 0.626. The maximum Gasteiger partial charge on any atom is 0.273 e. The van der Waals surface area contributed by atoms with Crippen LogP contribution in [0.3, 0.4) is 0 Å². The number of anilines is 1. The van der Waals surface area contributed by atoms with Gasteiger partial charge >= 0.3 is 0 Å². The van der Waals surface area contributed by atoms with Crippen molar-refractivity contribution in [3.63, 3.8) is 0 Å². The van der Waals surface area contributed by atoms with E-state index in [1.165, 1.54) is 16.2 Å². The van der Waals surface area contributed by atoms with Crippen LogP contribution in [0.5, 0.6) is 0 Å². The smallest absolute Gasteiger partial charge is 0.273 e. The summed E-state index contributed by atoms with van der Waals surface area (Å²) in [6.45, 7) is 0.418. The van der Waals surface area contributed by atoms with Gasteiger partial charge in [-0.05, 0) is 23.8 Å². The molecule has 3 N–H and O–H groups in total. The van der Waals surface area contributed by atoms with E-state index in [-0.39, 0.29) is 18.4 Å². The Morgan fingerprint density at radius 2 is 2.00 bits per heavy atom. The Bertz CT molecular complexity index is 973. The molecular formula is C19H21Cl2N5O2S. The lowest BCUT2D eigenvalue weighted by Gasteiger charge is -2.22. The summed E-state index contributed by atoms with van der Waals surface area (Å²) in [6, 6.07) is 7.29. The van der Waals surface area contributed by atoms with E-state index in [2.05, 4.69) is 16.0 Å². The molecule has 1 aromatic heterocycles. The van der Waals surface area contributed by atoms with Gasteiger partial charge in [0.05, 0.1) is 28.9 Å². The molecule has 0 fully saturated rings. The highest BCUT2D eigenvalue weighted by molar-refractivity contribution is 7.14. The van der Waals surface area contributed by atoms with E-state index in [9.17, 15) is 9.59 Å². The van der Waals surface area contributed by atoms with Gasteiger partial charge in [-0.25, -0.2) is 0 Å². The van der Waals surface area contributed by atoms with Crippen molar-refractivity contribution in [1.82, 2.24) is 20.4 Å². The van der Waals surface area contributed by atoms with E-state index in [0.717, 1.165) is 10.4 Å². The number of halogens is 2. The van der Waals surface area contributed by atoms with E-state index >= 15 is 0 Å². The number of benzene rings is 1. The van der Waals surface area contributed by atoms with Crippen molar-refractivity contribution in [3.05, 3.63) is 51.2 Å². The molecule has 3 rings (SSSR count). The number of thiophene rings is 1. The van der Waals surface area contributed by atoms with Gasteiger partial charge in [-0.2, -0.15) is 0 Å². The molecule has 10 heteroatoms. The van der Waals surface area contributed by atoms with Gasteiger partial charge in [-0.1, -0.05) is 29.3 Å². The second kappa shape index (κ2) is 8.94. The fourth-order valence-electron chi connectivity index (χ4n) is 2.87. The first-order valence-electron chi connectivity index (χ1n) is 8.76. The topological polar surface area (TPSA) is 76.7 Å². The van der Waals surface area contributed by atoms with Gasteiger partial charge in [0.1, 0.15) is 11.5 Å². The van der Waals surface area contributed by atoms with Crippen molar-refractivity contribution >= 4 is 52.0 Å². The molecule has 2 heterocycles. The Labute approximate surface area is 183 Å². The lowest BCUT2D eigenvalue weighted by atomic mass is 10.2. The van der Waals surface area contributed by atoms with Crippen LogP contribution < -0.4 is 16.0 Å². The van der Waals surface area contributed by atoms with Gasteiger partial charge in [0.15, 0.2) is 0 Å². The first-order chi connectivity index (χ1) is 13.8. The summed E-state index contributed by atoms with van der Waals surface area (Å²) in [6.07, 6.45) is 0. The predicted octanol–water partition coefficient (Wildman–Crippen LogP) is 3.00. The number of hydrogen-bond acceptors (Lipinski definition) is 6. The molecule has 7 nitrogen and oxygen atoms in total. The molecule has 0 saturated heterocycles. The summed E-state index contributed by atoms with van der Waals surface area (Å²) in [5.74, 6) is 0.213.